The third-order valence-electron chi connectivity index (χ3n) is 7.25. The zero-order valence-electron chi connectivity index (χ0n) is 26.0. The lowest BCUT2D eigenvalue weighted by Gasteiger charge is -2.37. The van der Waals surface area contributed by atoms with Crippen molar-refractivity contribution in [2.75, 3.05) is 49.5 Å². The fourth-order valence-electron chi connectivity index (χ4n) is 4.63. The standard InChI is InChI=1S/C31H41N5O7S/c1-21(2)35-16-18-36(19-17-35)30-32-28(34-44(39,40)23-13-11-22(12-14-23)31(3,4)5)27(29(33-30)42-20-15-26(37)38)43-25-10-8-7-9-24(25)41-6/h7-14,21H,15-20H2,1-6H3,(H,37,38)(H,32,33,34). The van der Waals surface area contributed by atoms with E-state index < -0.39 is 16.0 Å². The van der Waals surface area contributed by atoms with Gasteiger partial charge in [0.05, 0.1) is 18.4 Å². The number of rotatable bonds is 12. The van der Waals surface area contributed by atoms with Gasteiger partial charge in [-0.25, -0.2) is 8.42 Å². The first-order valence-corrected chi connectivity index (χ1v) is 16.0. The van der Waals surface area contributed by atoms with E-state index in [-0.39, 0.29) is 52.5 Å². The first-order valence-electron chi connectivity index (χ1n) is 14.5. The molecule has 2 heterocycles. The van der Waals surface area contributed by atoms with Crippen LogP contribution in [-0.4, -0.2) is 80.3 Å². The Kier molecular flexibility index (Phi) is 10.2. The summed E-state index contributed by atoms with van der Waals surface area (Å²) in [6.07, 6.45) is -0.304. The Bertz CT molecular complexity index is 1550. The minimum absolute atomic E-state index is 0.0350. The molecule has 2 aromatic carbocycles. The van der Waals surface area contributed by atoms with Gasteiger partial charge >= 0.3 is 5.97 Å². The smallest absolute Gasteiger partial charge is 0.306 e. The zero-order chi connectivity index (χ0) is 32.1. The highest BCUT2D eigenvalue weighted by Gasteiger charge is 2.28. The molecule has 0 bridgehead atoms. The van der Waals surface area contributed by atoms with E-state index >= 15 is 0 Å². The van der Waals surface area contributed by atoms with E-state index in [1.165, 1.54) is 7.11 Å². The molecular weight excluding hydrogens is 586 g/mol. The third kappa shape index (κ3) is 8.08. The zero-order valence-corrected chi connectivity index (χ0v) is 26.8. The summed E-state index contributed by atoms with van der Waals surface area (Å²) in [5, 5.41) is 9.23. The van der Waals surface area contributed by atoms with Crippen LogP contribution in [0.1, 0.15) is 46.6 Å². The number of methoxy groups -OCH3 is 1. The van der Waals surface area contributed by atoms with Crippen LogP contribution in [0, 0.1) is 0 Å². The lowest BCUT2D eigenvalue weighted by molar-refractivity contribution is -0.137. The molecule has 0 spiro atoms. The number of carboxylic acid groups (broad SMARTS) is 1. The minimum Gasteiger partial charge on any atom is -0.493 e. The second-order valence-corrected chi connectivity index (χ2v) is 13.4. The fraction of sp³-hybridized carbons (Fsp3) is 0.452. The van der Waals surface area contributed by atoms with Crippen molar-refractivity contribution >= 4 is 27.8 Å². The molecular formula is C31H41N5O7S. The van der Waals surface area contributed by atoms with Gasteiger partial charge in [-0.2, -0.15) is 9.97 Å². The van der Waals surface area contributed by atoms with Gasteiger partial charge in [-0.15, -0.1) is 0 Å². The molecule has 4 rings (SSSR count). The number of carbonyl (C=O) groups is 1. The van der Waals surface area contributed by atoms with Gasteiger partial charge < -0.3 is 24.2 Å². The van der Waals surface area contributed by atoms with Crippen molar-refractivity contribution in [2.24, 2.45) is 0 Å². The van der Waals surface area contributed by atoms with E-state index in [1.807, 2.05) is 25.7 Å². The molecule has 0 unspecified atom stereocenters. The highest BCUT2D eigenvalue weighted by Crippen LogP contribution is 2.42. The predicted octanol–water partition coefficient (Wildman–Crippen LogP) is 4.76. The van der Waals surface area contributed by atoms with Gasteiger partial charge in [0.2, 0.25) is 11.7 Å². The minimum atomic E-state index is -4.15. The lowest BCUT2D eigenvalue weighted by Crippen LogP contribution is -2.49. The van der Waals surface area contributed by atoms with E-state index in [0.717, 1.165) is 18.7 Å². The monoisotopic (exact) mass is 627 g/mol. The van der Waals surface area contributed by atoms with Gasteiger partial charge in [0, 0.05) is 32.2 Å². The second kappa shape index (κ2) is 13.7. The summed E-state index contributed by atoms with van der Waals surface area (Å²) in [5.41, 5.74) is 0.824. The Morgan fingerprint density at radius 2 is 1.64 bits per heavy atom. The molecule has 13 heteroatoms. The largest absolute Gasteiger partial charge is 0.493 e. The Labute approximate surface area is 259 Å². The number of carboxylic acids is 1. The molecule has 0 atom stereocenters. The topological polar surface area (TPSA) is 143 Å². The molecule has 1 aliphatic heterocycles. The predicted molar refractivity (Wildman–Crippen MR) is 168 cm³/mol. The van der Waals surface area contributed by atoms with Crippen LogP contribution in [0.2, 0.25) is 0 Å². The van der Waals surface area contributed by atoms with Gasteiger partial charge in [-0.05, 0) is 49.1 Å². The Balaban J connectivity index is 1.80. The molecule has 1 saturated heterocycles. The van der Waals surface area contributed by atoms with Crippen LogP contribution >= 0.6 is 0 Å². The molecule has 0 aliphatic carbocycles. The maximum atomic E-state index is 13.7. The number of benzene rings is 2. The lowest BCUT2D eigenvalue weighted by atomic mass is 9.87. The van der Waals surface area contributed by atoms with Crippen molar-refractivity contribution in [3.8, 4) is 23.1 Å². The highest BCUT2D eigenvalue weighted by molar-refractivity contribution is 7.92. The van der Waals surface area contributed by atoms with Crippen molar-refractivity contribution in [1.29, 1.82) is 0 Å². The van der Waals surface area contributed by atoms with Crippen molar-refractivity contribution in [1.82, 2.24) is 14.9 Å². The van der Waals surface area contributed by atoms with Crippen LogP contribution in [0.5, 0.6) is 23.1 Å². The molecule has 1 aromatic heterocycles. The second-order valence-electron chi connectivity index (χ2n) is 11.7. The number of aliphatic carboxylic acids is 1. The van der Waals surface area contributed by atoms with Gasteiger partial charge in [0.25, 0.3) is 15.9 Å². The summed E-state index contributed by atoms with van der Waals surface area (Å²) in [4.78, 5) is 24.8. The summed E-state index contributed by atoms with van der Waals surface area (Å²) >= 11 is 0. The van der Waals surface area contributed by atoms with Gasteiger partial charge in [-0.1, -0.05) is 45.0 Å². The summed E-state index contributed by atoms with van der Waals surface area (Å²) in [6.45, 7) is 12.9. The van der Waals surface area contributed by atoms with Crippen LogP contribution < -0.4 is 23.8 Å². The number of aromatic nitrogens is 2. The number of nitrogens with one attached hydrogen (secondary N) is 1. The summed E-state index contributed by atoms with van der Waals surface area (Å²) < 4.78 is 47.5. The number of sulfonamides is 1. The molecule has 12 nitrogen and oxygen atoms in total. The number of para-hydroxylation sites is 2. The molecule has 0 radical (unpaired) electrons. The third-order valence-corrected chi connectivity index (χ3v) is 8.60. The van der Waals surface area contributed by atoms with Crippen LogP contribution in [0.25, 0.3) is 0 Å². The Morgan fingerprint density at radius 1 is 1.00 bits per heavy atom. The van der Waals surface area contributed by atoms with Crippen molar-refractivity contribution in [3.05, 3.63) is 54.1 Å². The molecule has 44 heavy (non-hydrogen) atoms. The number of hydrogen-bond donors (Lipinski definition) is 2. The number of piperazine rings is 1. The molecule has 0 saturated carbocycles. The van der Waals surface area contributed by atoms with Crippen molar-refractivity contribution in [2.45, 2.75) is 57.4 Å². The molecule has 2 N–H and O–H groups in total. The first kappa shape index (κ1) is 32.8. The van der Waals surface area contributed by atoms with Crippen LogP contribution in [-0.2, 0) is 20.2 Å². The Hall–Kier alpha value is -4.10. The maximum Gasteiger partial charge on any atom is 0.306 e. The van der Waals surface area contributed by atoms with E-state index in [2.05, 4.69) is 33.4 Å². The normalized spacial score (nSPS) is 14.4. The number of anilines is 2. The SMILES string of the molecule is COc1ccccc1Oc1c(NS(=O)(=O)c2ccc(C(C)(C)C)cc2)nc(N2CCN(C(C)C)CC2)nc1OCCC(=O)O. The summed E-state index contributed by atoms with van der Waals surface area (Å²) in [6, 6.07) is 13.8. The quantitative estimate of drug-likeness (QED) is 0.287. The van der Waals surface area contributed by atoms with E-state index in [4.69, 9.17) is 14.2 Å². The van der Waals surface area contributed by atoms with Gasteiger partial charge in [0.1, 0.15) is 6.61 Å². The van der Waals surface area contributed by atoms with Crippen LogP contribution in [0.3, 0.4) is 0 Å². The average molecular weight is 628 g/mol. The van der Waals surface area contributed by atoms with E-state index in [9.17, 15) is 18.3 Å². The average Bonchev–Trinajstić information content (AvgIpc) is 2.98. The van der Waals surface area contributed by atoms with E-state index in [0.29, 0.717) is 24.9 Å². The Morgan fingerprint density at radius 3 is 2.20 bits per heavy atom. The van der Waals surface area contributed by atoms with Crippen molar-refractivity contribution < 1.29 is 32.5 Å². The molecule has 1 aliphatic rings. The fourth-order valence-corrected chi connectivity index (χ4v) is 5.63. The number of nitrogens with zero attached hydrogens (tertiary/aromatic N) is 4. The first-order chi connectivity index (χ1) is 20.8. The van der Waals surface area contributed by atoms with Crippen LogP contribution in [0.4, 0.5) is 11.8 Å². The molecule has 1 fully saturated rings. The molecule has 3 aromatic rings. The number of hydrogen-bond acceptors (Lipinski definition) is 10. The number of ether oxygens (including phenoxy) is 3. The summed E-state index contributed by atoms with van der Waals surface area (Å²) in [5.74, 6) is -0.576. The van der Waals surface area contributed by atoms with E-state index in [1.54, 1.807) is 48.5 Å². The van der Waals surface area contributed by atoms with Gasteiger partial charge in [0.15, 0.2) is 17.3 Å². The maximum absolute atomic E-state index is 13.7. The van der Waals surface area contributed by atoms with Crippen molar-refractivity contribution in [3.63, 3.8) is 0 Å². The van der Waals surface area contributed by atoms with Crippen LogP contribution in [0.15, 0.2) is 53.4 Å². The molecule has 238 valence electrons. The highest BCUT2D eigenvalue weighted by atomic mass is 32.2. The summed E-state index contributed by atoms with van der Waals surface area (Å²) in [7, 11) is -2.67. The van der Waals surface area contributed by atoms with Gasteiger partial charge in [-0.3, -0.25) is 14.4 Å². The molecule has 0 amide bonds.